The quantitative estimate of drug-likeness (QED) is 0.905. The molecule has 7 heteroatoms. The van der Waals surface area contributed by atoms with Crippen molar-refractivity contribution in [1.29, 1.82) is 0 Å². The first-order chi connectivity index (χ1) is 11.4. The van der Waals surface area contributed by atoms with Crippen LogP contribution in [0.25, 0.3) is 0 Å². The molecule has 2 aliphatic heterocycles. The van der Waals surface area contributed by atoms with Crippen molar-refractivity contribution in [3.8, 4) is 5.75 Å². The molecule has 2 aliphatic rings. The second-order valence-electron chi connectivity index (χ2n) is 6.37. The van der Waals surface area contributed by atoms with Gasteiger partial charge in [0.05, 0.1) is 17.4 Å². The second-order valence-corrected chi connectivity index (χ2v) is 9.48. The smallest absolute Gasteiger partial charge is 0.263 e. The molecule has 0 unspecified atom stereocenters. The van der Waals surface area contributed by atoms with Gasteiger partial charge in [-0.1, -0.05) is 0 Å². The van der Waals surface area contributed by atoms with Crippen LogP contribution in [-0.2, 0) is 10.0 Å². The van der Waals surface area contributed by atoms with Crippen LogP contribution in [0.2, 0.25) is 0 Å². The number of hydrogen-bond acceptors (Lipinski definition) is 5. The molecule has 1 fully saturated rings. The first-order valence-electron chi connectivity index (χ1n) is 8.07. The predicted octanol–water partition coefficient (Wildman–Crippen LogP) is 3.53. The van der Waals surface area contributed by atoms with Gasteiger partial charge in [-0.3, -0.25) is 4.72 Å². The zero-order valence-electron chi connectivity index (χ0n) is 13.7. The van der Waals surface area contributed by atoms with E-state index in [1.807, 2.05) is 26.0 Å². The number of nitrogens with one attached hydrogen (secondary N) is 1. The molecule has 0 aliphatic carbocycles. The molecule has 0 saturated carbocycles. The van der Waals surface area contributed by atoms with Gasteiger partial charge in [0.25, 0.3) is 10.0 Å². The molecule has 1 atom stereocenters. The van der Waals surface area contributed by atoms with Crippen LogP contribution in [0, 0.1) is 13.8 Å². The Morgan fingerprint density at radius 1 is 1.29 bits per heavy atom. The molecule has 1 N–H and O–H groups in total. The number of nitrogens with zero attached hydrogens (tertiary/aromatic N) is 1. The van der Waals surface area contributed by atoms with E-state index in [1.165, 1.54) is 17.8 Å². The van der Waals surface area contributed by atoms with Crippen molar-refractivity contribution in [3.63, 3.8) is 0 Å². The second kappa shape index (κ2) is 5.67. The fourth-order valence-electron chi connectivity index (χ4n) is 3.53. The van der Waals surface area contributed by atoms with Crippen LogP contribution in [0.1, 0.15) is 22.6 Å². The maximum Gasteiger partial charge on any atom is 0.263 e. The number of anilines is 2. The Morgan fingerprint density at radius 3 is 2.88 bits per heavy atom. The highest BCUT2D eigenvalue weighted by molar-refractivity contribution is 7.93. The van der Waals surface area contributed by atoms with E-state index in [-0.39, 0.29) is 0 Å². The van der Waals surface area contributed by atoms with Crippen LogP contribution in [0.3, 0.4) is 0 Å². The zero-order chi connectivity index (χ0) is 16.9. The Balaban J connectivity index is 1.63. The van der Waals surface area contributed by atoms with E-state index in [1.54, 1.807) is 12.1 Å². The van der Waals surface area contributed by atoms with Gasteiger partial charge >= 0.3 is 0 Å². The normalized spacial score (nSPS) is 19.6. The van der Waals surface area contributed by atoms with E-state index in [4.69, 9.17) is 4.74 Å². The van der Waals surface area contributed by atoms with Gasteiger partial charge in [-0.25, -0.2) is 8.42 Å². The number of thiophene rings is 1. The third-order valence-electron chi connectivity index (χ3n) is 4.61. The molecule has 2 aromatic rings. The summed E-state index contributed by atoms with van der Waals surface area (Å²) in [5.74, 6) is 0.756. The summed E-state index contributed by atoms with van der Waals surface area (Å²) in [6.45, 7) is 5.46. The Labute approximate surface area is 146 Å². The molecule has 3 heterocycles. The molecular formula is C17H20N2O3S2. The minimum absolute atomic E-state index is 0.350. The van der Waals surface area contributed by atoms with E-state index >= 15 is 0 Å². The van der Waals surface area contributed by atoms with Gasteiger partial charge in [0.2, 0.25) is 0 Å². The van der Waals surface area contributed by atoms with Crippen molar-refractivity contribution >= 4 is 32.7 Å². The molecule has 0 radical (unpaired) electrons. The number of benzene rings is 1. The lowest BCUT2D eigenvalue weighted by Gasteiger charge is -2.33. The number of rotatable bonds is 3. The lowest BCUT2D eigenvalue weighted by molar-refractivity contribution is 0.272. The third kappa shape index (κ3) is 2.65. The summed E-state index contributed by atoms with van der Waals surface area (Å²) in [6, 6.07) is 7.73. The Kier molecular flexibility index (Phi) is 3.73. The lowest BCUT2D eigenvalue weighted by atomic mass is 10.1. The van der Waals surface area contributed by atoms with Gasteiger partial charge in [0.15, 0.2) is 0 Å². The highest BCUT2D eigenvalue weighted by atomic mass is 32.2. The highest BCUT2D eigenvalue weighted by Crippen LogP contribution is 2.40. The lowest BCUT2D eigenvalue weighted by Crippen LogP contribution is -2.38. The molecule has 5 nitrogen and oxygen atoms in total. The summed E-state index contributed by atoms with van der Waals surface area (Å²) in [5.41, 5.74) is 1.60. The van der Waals surface area contributed by atoms with Crippen LogP contribution in [0.5, 0.6) is 5.75 Å². The molecule has 1 saturated heterocycles. The number of fused-ring (bicyclic) bond motifs is 3. The van der Waals surface area contributed by atoms with Crippen LogP contribution in [0.4, 0.5) is 11.4 Å². The summed E-state index contributed by atoms with van der Waals surface area (Å²) in [4.78, 5) is 4.50. The molecule has 24 heavy (non-hydrogen) atoms. The molecule has 1 aromatic heterocycles. The summed E-state index contributed by atoms with van der Waals surface area (Å²) in [6.07, 6.45) is 2.34. The molecule has 0 bridgehead atoms. The van der Waals surface area contributed by atoms with Gasteiger partial charge in [-0.15, -0.1) is 11.3 Å². The molecule has 1 aromatic carbocycles. The minimum Gasteiger partial charge on any atom is -0.489 e. The Morgan fingerprint density at radius 2 is 2.12 bits per heavy atom. The number of ether oxygens (including phenoxy) is 1. The average Bonchev–Trinajstić information content (AvgIpc) is 3.13. The van der Waals surface area contributed by atoms with Crippen molar-refractivity contribution in [2.45, 2.75) is 37.6 Å². The van der Waals surface area contributed by atoms with Crippen LogP contribution < -0.4 is 14.4 Å². The van der Waals surface area contributed by atoms with Gasteiger partial charge in [0.1, 0.15) is 17.3 Å². The van der Waals surface area contributed by atoms with Crippen molar-refractivity contribution < 1.29 is 13.2 Å². The Hall–Kier alpha value is -1.73. The van der Waals surface area contributed by atoms with E-state index < -0.39 is 10.0 Å². The minimum atomic E-state index is -3.58. The van der Waals surface area contributed by atoms with Crippen LogP contribution >= 0.6 is 11.3 Å². The molecule has 0 amide bonds. The monoisotopic (exact) mass is 364 g/mol. The molecule has 0 spiro atoms. The van der Waals surface area contributed by atoms with Gasteiger partial charge in [0, 0.05) is 22.4 Å². The summed E-state index contributed by atoms with van der Waals surface area (Å²) in [5, 5.41) is 0. The molecule has 128 valence electrons. The summed E-state index contributed by atoms with van der Waals surface area (Å²) in [7, 11) is -3.58. The SMILES string of the molecule is Cc1cc(S(=O)(=O)Nc2ccc3c(c2)OC[C@H]2CCCN32)c(C)s1. The first kappa shape index (κ1) is 15.8. The van der Waals surface area contributed by atoms with E-state index in [0.29, 0.717) is 23.2 Å². The van der Waals surface area contributed by atoms with Crippen LogP contribution in [-0.4, -0.2) is 27.6 Å². The highest BCUT2D eigenvalue weighted by Gasteiger charge is 2.31. The maximum atomic E-state index is 12.6. The van der Waals surface area contributed by atoms with Crippen molar-refractivity contribution in [2.75, 3.05) is 22.8 Å². The fourth-order valence-corrected chi connectivity index (χ4v) is 6.13. The first-order valence-corrected chi connectivity index (χ1v) is 10.4. The summed E-state index contributed by atoms with van der Waals surface area (Å²) < 4.78 is 33.8. The largest absolute Gasteiger partial charge is 0.489 e. The zero-order valence-corrected chi connectivity index (χ0v) is 15.3. The van der Waals surface area contributed by atoms with Gasteiger partial charge in [-0.2, -0.15) is 0 Å². The predicted molar refractivity (Wildman–Crippen MR) is 96.9 cm³/mol. The Bertz CT molecular complexity index is 889. The molecule has 4 rings (SSSR count). The van der Waals surface area contributed by atoms with E-state index in [0.717, 1.165) is 34.2 Å². The fraction of sp³-hybridized carbons (Fsp3) is 0.412. The number of aryl methyl sites for hydroxylation is 2. The third-order valence-corrected chi connectivity index (χ3v) is 7.22. The average molecular weight is 364 g/mol. The van der Waals surface area contributed by atoms with Crippen molar-refractivity contribution in [2.24, 2.45) is 0 Å². The standard InChI is InChI=1S/C17H20N2O3S2/c1-11-8-17(12(2)23-11)24(20,21)18-13-5-6-15-16(9-13)22-10-14-4-3-7-19(14)15/h5-6,8-9,14,18H,3-4,7,10H2,1-2H3/t14-/m1/s1. The van der Waals surface area contributed by atoms with Crippen LogP contribution in [0.15, 0.2) is 29.2 Å². The van der Waals surface area contributed by atoms with E-state index in [9.17, 15) is 8.42 Å². The summed E-state index contributed by atoms with van der Waals surface area (Å²) >= 11 is 1.49. The van der Waals surface area contributed by atoms with Crippen molar-refractivity contribution in [3.05, 3.63) is 34.0 Å². The maximum absolute atomic E-state index is 12.6. The number of sulfonamides is 1. The number of hydrogen-bond donors (Lipinski definition) is 1. The van der Waals surface area contributed by atoms with Gasteiger partial charge in [-0.05, 0) is 44.9 Å². The molecular weight excluding hydrogens is 344 g/mol. The van der Waals surface area contributed by atoms with Gasteiger partial charge < -0.3 is 9.64 Å². The topological polar surface area (TPSA) is 58.6 Å². The van der Waals surface area contributed by atoms with Crippen molar-refractivity contribution in [1.82, 2.24) is 0 Å². The van der Waals surface area contributed by atoms with E-state index in [2.05, 4.69) is 9.62 Å².